The van der Waals surface area contributed by atoms with Crippen molar-refractivity contribution in [2.75, 3.05) is 24.2 Å². The second kappa shape index (κ2) is 5.35. The van der Waals surface area contributed by atoms with Gasteiger partial charge in [0.15, 0.2) is 5.78 Å². The lowest BCUT2D eigenvalue weighted by molar-refractivity contribution is -0.117. The number of carbonyl (C=O) groups excluding carboxylic acids is 1. The number of nitrogens with zero attached hydrogens (tertiary/aromatic N) is 3. The number of aromatic nitrogens is 1. The fourth-order valence-corrected chi connectivity index (χ4v) is 5.36. The van der Waals surface area contributed by atoms with Crippen LogP contribution in [-0.2, 0) is 11.2 Å². The van der Waals surface area contributed by atoms with E-state index in [1.807, 2.05) is 0 Å². The zero-order valence-corrected chi connectivity index (χ0v) is 14.3. The normalized spacial score (nSPS) is 21.1. The Balaban J connectivity index is 1.79. The molecule has 22 heavy (non-hydrogen) atoms. The molecule has 2 aromatic rings. The van der Waals surface area contributed by atoms with E-state index in [-0.39, 0.29) is 11.8 Å². The molecular weight excluding hydrogens is 314 g/mol. The second-order valence-corrected chi connectivity index (χ2v) is 7.84. The van der Waals surface area contributed by atoms with Gasteiger partial charge in [-0.2, -0.15) is 0 Å². The number of ketones is 1. The molecule has 0 bridgehead atoms. The van der Waals surface area contributed by atoms with E-state index in [0.29, 0.717) is 0 Å². The Bertz CT molecular complexity index is 796. The van der Waals surface area contributed by atoms with Crippen molar-refractivity contribution in [3.63, 3.8) is 0 Å². The first-order valence-corrected chi connectivity index (χ1v) is 9.28. The standard InChI is InChI=1S/C16H17N3OS2/c1-9(20)12-8-21-15(18-12)16-17-11-5-6-13-10(14(11)22-16)4-3-7-19(13)2/h5-6,12H,3-4,7-8H2,1-2H3/t12-/m1/s1. The number of thiazole rings is 1. The van der Waals surface area contributed by atoms with Crippen molar-refractivity contribution in [1.82, 2.24) is 4.98 Å². The second-order valence-electron chi connectivity index (χ2n) is 5.83. The number of hydrogen-bond donors (Lipinski definition) is 0. The summed E-state index contributed by atoms with van der Waals surface area (Å²) in [6.45, 7) is 2.73. The molecule has 6 heteroatoms. The van der Waals surface area contributed by atoms with Gasteiger partial charge in [0.25, 0.3) is 0 Å². The van der Waals surface area contributed by atoms with E-state index in [1.54, 1.807) is 30.0 Å². The van der Waals surface area contributed by atoms with Crippen LogP contribution in [0.4, 0.5) is 5.69 Å². The predicted molar refractivity (Wildman–Crippen MR) is 94.7 cm³/mol. The van der Waals surface area contributed by atoms with Crippen molar-refractivity contribution in [2.45, 2.75) is 25.8 Å². The van der Waals surface area contributed by atoms with Crippen molar-refractivity contribution in [3.8, 4) is 0 Å². The summed E-state index contributed by atoms with van der Waals surface area (Å²) in [4.78, 5) is 23.1. The Morgan fingerprint density at radius 3 is 3.05 bits per heavy atom. The molecule has 3 heterocycles. The van der Waals surface area contributed by atoms with Gasteiger partial charge in [0.1, 0.15) is 16.1 Å². The molecule has 0 spiro atoms. The summed E-state index contributed by atoms with van der Waals surface area (Å²) in [6.07, 6.45) is 2.31. The highest BCUT2D eigenvalue weighted by atomic mass is 32.2. The van der Waals surface area contributed by atoms with Gasteiger partial charge < -0.3 is 4.90 Å². The molecule has 4 nitrogen and oxygen atoms in total. The monoisotopic (exact) mass is 331 g/mol. The number of fused-ring (bicyclic) bond motifs is 3. The van der Waals surface area contributed by atoms with Crippen LogP contribution < -0.4 is 4.90 Å². The summed E-state index contributed by atoms with van der Waals surface area (Å²) < 4.78 is 1.29. The first kappa shape index (κ1) is 14.2. The Labute approximate surface area is 137 Å². The zero-order valence-electron chi connectivity index (χ0n) is 12.6. The predicted octanol–water partition coefficient (Wildman–Crippen LogP) is 3.13. The fraction of sp³-hybridized carbons (Fsp3) is 0.438. The number of aryl methyl sites for hydroxylation is 1. The molecule has 2 aliphatic rings. The Hall–Kier alpha value is -1.40. The van der Waals surface area contributed by atoms with E-state index in [4.69, 9.17) is 4.98 Å². The summed E-state index contributed by atoms with van der Waals surface area (Å²) in [5, 5.41) is 1.89. The van der Waals surface area contributed by atoms with Gasteiger partial charge >= 0.3 is 0 Å². The number of aliphatic imine (C=N–C) groups is 1. The molecular formula is C16H17N3OS2. The summed E-state index contributed by atoms with van der Waals surface area (Å²) in [5.74, 6) is 0.893. The molecule has 0 amide bonds. The summed E-state index contributed by atoms with van der Waals surface area (Å²) in [7, 11) is 2.15. The van der Waals surface area contributed by atoms with Crippen LogP contribution in [0.3, 0.4) is 0 Å². The third-order valence-electron chi connectivity index (χ3n) is 4.27. The summed E-state index contributed by atoms with van der Waals surface area (Å²) >= 11 is 3.38. The number of carbonyl (C=O) groups is 1. The molecule has 0 fully saturated rings. The van der Waals surface area contributed by atoms with Gasteiger partial charge in [-0.05, 0) is 37.5 Å². The lowest BCUT2D eigenvalue weighted by Crippen LogP contribution is -2.24. The topological polar surface area (TPSA) is 45.6 Å². The molecule has 1 aromatic heterocycles. The molecule has 1 atom stereocenters. The SMILES string of the molecule is CC(=O)[C@H]1CSC(c2nc3ccc4c(c3s2)CCCN4C)=N1. The van der Waals surface area contributed by atoms with Crippen LogP contribution in [0.15, 0.2) is 17.1 Å². The molecule has 0 unspecified atom stereocenters. The Morgan fingerprint density at radius 2 is 2.27 bits per heavy atom. The highest BCUT2D eigenvalue weighted by Crippen LogP contribution is 2.37. The molecule has 0 saturated carbocycles. The number of anilines is 1. The molecule has 0 N–H and O–H groups in total. The number of hydrogen-bond acceptors (Lipinski definition) is 6. The van der Waals surface area contributed by atoms with Crippen molar-refractivity contribution < 1.29 is 4.79 Å². The van der Waals surface area contributed by atoms with Crippen molar-refractivity contribution in [2.24, 2.45) is 4.99 Å². The van der Waals surface area contributed by atoms with Gasteiger partial charge in [0, 0.05) is 25.0 Å². The molecule has 1 aromatic carbocycles. The van der Waals surface area contributed by atoms with Crippen LogP contribution in [0.25, 0.3) is 10.2 Å². The van der Waals surface area contributed by atoms with E-state index >= 15 is 0 Å². The average Bonchev–Trinajstić information content (AvgIpc) is 3.14. The highest BCUT2D eigenvalue weighted by Gasteiger charge is 2.26. The van der Waals surface area contributed by atoms with Crippen LogP contribution in [0.5, 0.6) is 0 Å². The first-order valence-electron chi connectivity index (χ1n) is 7.48. The lowest BCUT2D eigenvalue weighted by atomic mass is 10.0. The van der Waals surface area contributed by atoms with Crippen molar-refractivity contribution in [3.05, 3.63) is 22.7 Å². The van der Waals surface area contributed by atoms with Gasteiger partial charge in [-0.15, -0.1) is 23.1 Å². The molecule has 114 valence electrons. The molecule has 2 aliphatic heterocycles. The minimum absolute atomic E-state index is 0.141. The summed E-state index contributed by atoms with van der Waals surface area (Å²) in [5.41, 5.74) is 3.81. The Kier molecular flexibility index (Phi) is 3.46. The van der Waals surface area contributed by atoms with Gasteiger partial charge in [-0.3, -0.25) is 9.79 Å². The molecule has 0 radical (unpaired) electrons. The number of Topliss-reactive ketones (excluding diaryl/α,β-unsaturated/α-hetero) is 1. The van der Waals surface area contributed by atoms with E-state index in [2.05, 4.69) is 29.1 Å². The molecule has 4 rings (SSSR count). The van der Waals surface area contributed by atoms with Crippen LogP contribution in [0.1, 0.15) is 23.9 Å². The third kappa shape index (κ3) is 2.25. The third-order valence-corrected chi connectivity index (χ3v) is 6.59. The maximum Gasteiger partial charge on any atom is 0.155 e. The maximum atomic E-state index is 11.5. The lowest BCUT2D eigenvalue weighted by Gasteiger charge is -2.27. The molecule has 0 aliphatic carbocycles. The van der Waals surface area contributed by atoms with Crippen molar-refractivity contribution >= 4 is 49.8 Å². The first-order chi connectivity index (χ1) is 10.6. The van der Waals surface area contributed by atoms with Crippen molar-refractivity contribution in [1.29, 1.82) is 0 Å². The van der Waals surface area contributed by atoms with E-state index in [9.17, 15) is 4.79 Å². The minimum Gasteiger partial charge on any atom is -0.374 e. The van der Waals surface area contributed by atoms with Gasteiger partial charge in [0.05, 0.1) is 10.2 Å². The zero-order chi connectivity index (χ0) is 15.3. The Morgan fingerprint density at radius 1 is 1.41 bits per heavy atom. The highest BCUT2D eigenvalue weighted by molar-refractivity contribution is 8.15. The van der Waals surface area contributed by atoms with Crippen LogP contribution in [-0.4, -0.2) is 41.2 Å². The van der Waals surface area contributed by atoms with E-state index in [0.717, 1.165) is 34.3 Å². The van der Waals surface area contributed by atoms with Crippen LogP contribution >= 0.6 is 23.1 Å². The summed E-state index contributed by atoms with van der Waals surface area (Å²) in [6, 6.07) is 4.10. The number of rotatable bonds is 2. The number of thioether (sulfide) groups is 1. The van der Waals surface area contributed by atoms with Gasteiger partial charge in [0.2, 0.25) is 0 Å². The minimum atomic E-state index is -0.188. The average molecular weight is 331 g/mol. The smallest absolute Gasteiger partial charge is 0.155 e. The molecule has 0 saturated heterocycles. The number of benzene rings is 1. The maximum absolute atomic E-state index is 11.5. The van der Waals surface area contributed by atoms with Gasteiger partial charge in [-0.1, -0.05) is 0 Å². The van der Waals surface area contributed by atoms with Crippen LogP contribution in [0, 0.1) is 0 Å². The van der Waals surface area contributed by atoms with E-state index < -0.39 is 0 Å². The fourth-order valence-electron chi connectivity index (χ4n) is 3.04. The van der Waals surface area contributed by atoms with Crippen LogP contribution in [0.2, 0.25) is 0 Å². The van der Waals surface area contributed by atoms with E-state index in [1.165, 1.54) is 22.4 Å². The van der Waals surface area contributed by atoms with Gasteiger partial charge in [-0.25, -0.2) is 4.98 Å². The largest absolute Gasteiger partial charge is 0.374 e. The quantitative estimate of drug-likeness (QED) is 0.848.